The second kappa shape index (κ2) is 8.03. The van der Waals surface area contributed by atoms with E-state index in [-0.39, 0.29) is 50.6 Å². The van der Waals surface area contributed by atoms with Crippen molar-refractivity contribution < 1.29 is 18.3 Å². The van der Waals surface area contributed by atoms with E-state index in [9.17, 15) is 13.6 Å². The number of aromatic amines is 1. The SMILES string of the molecule is O=C(NCc1nnc(N2CC3CCC(C2)O3)cc1N1CCC(F)(F)CC1)c1ccn[nH]1. The van der Waals surface area contributed by atoms with Gasteiger partial charge >= 0.3 is 0 Å². The lowest BCUT2D eigenvalue weighted by Gasteiger charge is -2.36. The lowest BCUT2D eigenvalue weighted by atomic mass is 10.1. The van der Waals surface area contributed by atoms with Crippen LogP contribution < -0.4 is 15.1 Å². The molecular weight excluding hydrogens is 408 g/mol. The highest BCUT2D eigenvalue weighted by Gasteiger charge is 2.37. The number of amides is 1. The first-order chi connectivity index (χ1) is 15.0. The monoisotopic (exact) mass is 433 g/mol. The first kappa shape index (κ1) is 20.1. The predicted molar refractivity (Wildman–Crippen MR) is 108 cm³/mol. The minimum atomic E-state index is -2.64. The summed E-state index contributed by atoms with van der Waals surface area (Å²) in [7, 11) is 0. The highest BCUT2D eigenvalue weighted by Crippen LogP contribution is 2.34. The van der Waals surface area contributed by atoms with E-state index >= 15 is 0 Å². The van der Waals surface area contributed by atoms with Crippen molar-refractivity contribution in [1.82, 2.24) is 25.7 Å². The zero-order valence-corrected chi connectivity index (χ0v) is 17.1. The lowest BCUT2D eigenvalue weighted by Crippen LogP contribution is -2.44. The normalized spacial score (nSPS) is 25.0. The maximum atomic E-state index is 13.7. The highest BCUT2D eigenvalue weighted by molar-refractivity contribution is 5.92. The second-order valence-electron chi connectivity index (χ2n) is 8.39. The smallest absolute Gasteiger partial charge is 0.269 e. The maximum Gasteiger partial charge on any atom is 0.269 e. The van der Waals surface area contributed by atoms with Crippen molar-refractivity contribution >= 4 is 17.4 Å². The Labute approximate surface area is 178 Å². The molecule has 0 aromatic carbocycles. The van der Waals surface area contributed by atoms with Gasteiger partial charge in [0.1, 0.15) is 11.4 Å². The van der Waals surface area contributed by atoms with Crippen LogP contribution >= 0.6 is 0 Å². The van der Waals surface area contributed by atoms with Gasteiger partial charge in [0.05, 0.1) is 24.4 Å². The number of fused-ring (bicyclic) bond motifs is 2. The van der Waals surface area contributed by atoms with Crippen LogP contribution in [0.15, 0.2) is 18.3 Å². The van der Waals surface area contributed by atoms with E-state index in [2.05, 4.69) is 30.6 Å². The molecule has 2 aromatic rings. The number of piperidine rings is 1. The van der Waals surface area contributed by atoms with Crippen molar-refractivity contribution in [3.63, 3.8) is 0 Å². The Kier molecular flexibility index (Phi) is 5.20. The van der Waals surface area contributed by atoms with Gasteiger partial charge in [-0.3, -0.25) is 9.89 Å². The molecule has 2 aromatic heterocycles. The number of hydrogen-bond acceptors (Lipinski definition) is 7. The minimum Gasteiger partial charge on any atom is -0.371 e. The van der Waals surface area contributed by atoms with Crippen LogP contribution in [-0.4, -0.2) is 70.6 Å². The summed E-state index contributed by atoms with van der Waals surface area (Å²) in [6, 6.07) is 3.49. The van der Waals surface area contributed by atoms with Crippen molar-refractivity contribution in [2.24, 2.45) is 0 Å². The molecule has 3 fully saturated rings. The molecule has 5 rings (SSSR count). The summed E-state index contributed by atoms with van der Waals surface area (Å²) in [6.45, 7) is 2.10. The summed E-state index contributed by atoms with van der Waals surface area (Å²) >= 11 is 0. The number of hydrogen-bond donors (Lipinski definition) is 2. The summed E-state index contributed by atoms with van der Waals surface area (Å²) in [6.07, 6.45) is 3.58. The van der Waals surface area contributed by atoms with E-state index < -0.39 is 5.92 Å². The van der Waals surface area contributed by atoms with E-state index in [0.717, 1.165) is 37.4 Å². The highest BCUT2D eigenvalue weighted by atomic mass is 19.3. The van der Waals surface area contributed by atoms with Gasteiger partial charge in [0.15, 0.2) is 5.82 Å². The number of H-pyrrole nitrogens is 1. The number of carbonyl (C=O) groups excluding carboxylic acids is 1. The molecule has 5 heterocycles. The van der Waals surface area contributed by atoms with Gasteiger partial charge in [-0.25, -0.2) is 8.78 Å². The van der Waals surface area contributed by atoms with E-state index in [1.165, 1.54) is 6.20 Å². The van der Waals surface area contributed by atoms with Crippen molar-refractivity contribution in [2.75, 3.05) is 36.0 Å². The molecule has 9 nitrogen and oxygen atoms in total. The third-order valence-corrected chi connectivity index (χ3v) is 6.20. The molecule has 0 saturated carbocycles. The molecule has 166 valence electrons. The zero-order valence-electron chi connectivity index (χ0n) is 17.1. The Morgan fingerprint density at radius 2 is 1.94 bits per heavy atom. The number of alkyl halides is 2. The Morgan fingerprint density at radius 1 is 1.19 bits per heavy atom. The average Bonchev–Trinajstić information content (AvgIpc) is 3.42. The summed E-state index contributed by atoms with van der Waals surface area (Å²) in [5.41, 5.74) is 1.63. The van der Waals surface area contributed by atoms with Crippen LogP contribution in [-0.2, 0) is 11.3 Å². The molecule has 0 aliphatic carbocycles. The topological polar surface area (TPSA) is 99.3 Å². The molecule has 3 saturated heterocycles. The van der Waals surface area contributed by atoms with Gasteiger partial charge in [0, 0.05) is 51.3 Å². The molecule has 3 aliphatic heterocycles. The van der Waals surface area contributed by atoms with Crippen LogP contribution in [0.4, 0.5) is 20.3 Å². The van der Waals surface area contributed by atoms with Crippen molar-refractivity contribution in [3.05, 3.63) is 29.7 Å². The number of halogens is 2. The number of carbonyl (C=O) groups is 1. The summed E-state index contributed by atoms with van der Waals surface area (Å²) < 4.78 is 33.4. The number of morpholine rings is 1. The minimum absolute atomic E-state index is 0.141. The predicted octanol–water partition coefficient (Wildman–Crippen LogP) is 1.73. The molecule has 2 atom stereocenters. The van der Waals surface area contributed by atoms with Gasteiger partial charge < -0.3 is 19.9 Å². The fourth-order valence-corrected chi connectivity index (χ4v) is 4.47. The second-order valence-corrected chi connectivity index (χ2v) is 8.39. The maximum absolute atomic E-state index is 13.7. The quantitative estimate of drug-likeness (QED) is 0.741. The largest absolute Gasteiger partial charge is 0.371 e. The summed E-state index contributed by atoms with van der Waals surface area (Å²) in [4.78, 5) is 16.4. The van der Waals surface area contributed by atoms with Gasteiger partial charge in [0.2, 0.25) is 0 Å². The van der Waals surface area contributed by atoms with Crippen LogP contribution in [0.5, 0.6) is 0 Å². The fraction of sp³-hybridized carbons (Fsp3) is 0.600. The third kappa shape index (κ3) is 4.32. The Bertz CT molecular complexity index is 918. The first-order valence-corrected chi connectivity index (χ1v) is 10.6. The third-order valence-electron chi connectivity index (χ3n) is 6.20. The zero-order chi connectivity index (χ0) is 21.4. The van der Waals surface area contributed by atoms with Gasteiger partial charge in [-0.05, 0) is 18.9 Å². The Hall–Kier alpha value is -2.82. The molecule has 1 amide bonds. The molecule has 2 N–H and O–H groups in total. The average molecular weight is 433 g/mol. The number of ether oxygens (including phenoxy) is 1. The van der Waals surface area contributed by atoms with Crippen molar-refractivity contribution in [3.8, 4) is 0 Å². The number of anilines is 2. The summed E-state index contributed by atoms with van der Waals surface area (Å²) in [5.74, 6) is -2.24. The molecule has 3 aliphatic rings. The molecule has 11 heteroatoms. The molecule has 2 unspecified atom stereocenters. The lowest BCUT2D eigenvalue weighted by molar-refractivity contribution is -0.0221. The number of aromatic nitrogens is 4. The number of rotatable bonds is 5. The number of nitrogens with zero attached hydrogens (tertiary/aromatic N) is 5. The van der Waals surface area contributed by atoms with Crippen LogP contribution in [0, 0.1) is 0 Å². The van der Waals surface area contributed by atoms with E-state index in [1.807, 2.05) is 11.0 Å². The van der Waals surface area contributed by atoms with Gasteiger partial charge in [-0.2, -0.15) is 5.10 Å². The van der Waals surface area contributed by atoms with Crippen LogP contribution in [0.25, 0.3) is 0 Å². The van der Waals surface area contributed by atoms with E-state index in [4.69, 9.17) is 4.74 Å². The number of nitrogens with one attached hydrogen (secondary N) is 2. The van der Waals surface area contributed by atoms with Crippen LogP contribution in [0.3, 0.4) is 0 Å². The Balaban J connectivity index is 1.37. The van der Waals surface area contributed by atoms with E-state index in [0.29, 0.717) is 11.4 Å². The van der Waals surface area contributed by atoms with Gasteiger partial charge in [-0.15, -0.1) is 10.2 Å². The molecule has 0 spiro atoms. The summed E-state index contributed by atoms with van der Waals surface area (Å²) in [5, 5.41) is 18.0. The molecular formula is C20H25F2N7O2. The molecule has 2 bridgehead atoms. The Morgan fingerprint density at radius 3 is 2.61 bits per heavy atom. The van der Waals surface area contributed by atoms with Gasteiger partial charge in [0.25, 0.3) is 11.8 Å². The van der Waals surface area contributed by atoms with Gasteiger partial charge in [-0.1, -0.05) is 0 Å². The van der Waals surface area contributed by atoms with Crippen molar-refractivity contribution in [2.45, 2.75) is 50.4 Å². The molecule has 0 radical (unpaired) electrons. The van der Waals surface area contributed by atoms with E-state index in [1.54, 1.807) is 6.07 Å². The van der Waals surface area contributed by atoms with Crippen LogP contribution in [0.1, 0.15) is 41.9 Å². The standard InChI is InChI=1S/C20H25F2N7O2/c21-20(22)4-7-28(8-5-20)17-9-18(29-11-13-1-2-14(12-29)31-13)27-26-16(17)10-23-19(30)15-3-6-24-25-15/h3,6,9,13-14H,1-2,4-5,7-8,10-12H2,(H,23,30)(H,24,25). The fourth-order valence-electron chi connectivity index (χ4n) is 4.47. The van der Waals surface area contributed by atoms with Crippen molar-refractivity contribution in [1.29, 1.82) is 0 Å². The molecule has 31 heavy (non-hydrogen) atoms. The van der Waals surface area contributed by atoms with Crippen LogP contribution in [0.2, 0.25) is 0 Å². The first-order valence-electron chi connectivity index (χ1n) is 10.6.